The van der Waals surface area contributed by atoms with Gasteiger partial charge in [-0.1, -0.05) is 20.8 Å². The predicted octanol–water partition coefficient (Wildman–Crippen LogP) is 2.67. The number of carbonyl (C=O) groups excluding carboxylic acids is 1. The molecule has 21 heavy (non-hydrogen) atoms. The van der Waals surface area contributed by atoms with Crippen LogP contribution in [0.15, 0.2) is 0 Å². The van der Waals surface area contributed by atoms with Gasteiger partial charge in [-0.05, 0) is 42.4 Å². The molecule has 1 heterocycles. The van der Waals surface area contributed by atoms with Gasteiger partial charge in [0.2, 0.25) is 0 Å². The second-order valence-corrected chi connectivity index (χ2v) is 8.18. The van der Waals surface area contributed by atoms with Gasteiger partial charge in [0.25, 0.3) is 5.91 Å². The Morgan fingerprint density at radius 1 is 1.33 bits per heavy atom. The van der Waals surface area contributed by atoms with Crippen molar-refractivity contribution in [1.29, 1.82) is 0 Å². The van der Waals surface area contributed by atoms with Crippen LogP contribution < -0.4 is 0 Å². The Morgan fingerprint density at radius 2 is 2.00 bits per heavy atom. The number of carbonyl (C=O) groups is 1. The number of nitrogens with zero attached hydrogens (tertiary/aromatic N) is 1. The summed E-state index contributed by atoms with van der Waals surface area (Å²) in [6.45, 7) is 9.01. The van der Waals surface area contributed by atoms with Gasteiger partial charge in [-0.3, -0.25) is 4.79 Å². The lowest BCUT2D eigenvalue weighted by molar-refractivity contribution is -0.190. The molecule has 2 bridgehead atoms. The molecule has 3 rings (SSSR count). The summed E-state index contributed by atoms with van der Waals surface area (Å²) in [5.74, 6) is 1.34. The van der Waals surface area contributed by atoms with Crippen LogP contribution in [0.2, 0.25) is 0 Å². The van der Waals surface area contributed by atoms with E-state index in [9.17, 15) is 4.79 Å². The Balaban J connectivity index is 1.68. The van der Waals surface area contributed by atoms with Crippen molar-refractivity contribution >= 4 is 5.91 Å². The Hall–Kier alpha value is -0.610. The number of ether oxygens (including phenoxy) is 2. The van der Waals surface area contributed by atoms with Gasteiger partial charge in [0, 0.05) is 20.5 Å². The van der Waals surface area contributed by atoms with Crippen molar-refractivity contribution in [2.75, 3.05) is 14.1 Å². The summed E-state index contributed by atoms with van der Waals surface area (Å²) in [6, 6.07) is 0. The molecule has 3 aliphatic rings. The van der Waals surface area contributed by atoms with E-state index in [4.69, 9.17) is 9.47 Å². The molecule has 4 nitrogen and oxygen atoms in total. The SMILES string of the molecule is C[C@H](O[C@H]1C[C@@H]2[C@H]3CC[C@@](C)([C@@H]2O1)C3(C)C)C(=O)N(C)C. The van der Waals surface area contributed by atoms with Crippen LogP contribution in [0, 0.1) is 22.7 Å². The standard InChI is InChI=1S/C17H29NO3/c1-10(15(19)18(5)6)20-13-9-11-12-7-8-17(4,14(11)21-13)16(12,2)3/h10-14H,7-9H2,1-6H3/t10-,11+,12+,13+,14+,17-/m0/s1. The van der Waals surface area contributed by atoms with E-state index in [2.05, 4.69) is 20.8 Å². The van der Waals surface area contributed by atoms with Crippen LogP contribution in [0.4, 0.5) is 0 Å². The summed E-state index contributed by atoms with van der Waals surface area (Å²) in [4.78, 5) is 13.5. The zero-order chi connectivity index (χ0) is 15.6. The Labute approximate surface area is 128 Å². The monoisotopic (exact) mass is 295 g/mol. The summed E-state index contributed by atoms with van der Waals surface area (Å²) in [5.41, 5.74) is 0.619. The molecule has 120 valence electrons. The van der Waals surface area contributed by atoms with Gasteiger partial charge in [0.05, 0.1) is 6.10 Å². The van der Waals surface area contributed by atoms with Gasteiger partial charge in [-0.2, -0.15) is 0 Å². The lowest BCUT2D eigenvalue weighted by atomic mass is 9.70. The molecular formula is C17H29NO3. The fraction of sp³-hybridized carbons (Fsp3) is 0.941. The molecule has 1 aliphatic heterocycles. The molecule has 0 spiro atoms. The minimum absolute atomic E-state index is 0.00479. The smallest absolute Gasteiger partial charge is 0.251 e. The molecule has 0 N–H and O–H groups in total. The highest BCUT2D eigenvalue weighted by molar-refractivity contribution is 5.79. The topological polar surface area (TPSA) is 38.8 Å². The van der Waals surface area contributed by atoms with E-state index in [1.165, 1.54) is 12.8 Å². The molecule has 0 aromatic carbocycles. The maximum absolute atomic E-state index is 11.9. The first-order valence-electron chi connectivity index (χ1n) is 8.20. The molecule has 1 amide bonds. The van der Waals surface area contributed by atoms with Crippen molar-refractivity contribution in [3.8, 4) is 0 Å². The highest BCUT2D eigenvalue weighted by atomic mass is 16.7. The third-order valence-corrected chi connectivity index (χ3v) is 6.81. The first kappa shape index (κ1) is 15.3. The van der Waals surface area contributed by atoms with Crippen LogP contribution in [0.5, 0.6) is 0 Å². The number of hydrogen-bond acceptors (Lipinski definition) is 3. The molecular weight excluding hydrogens is 266 g/mol. The molecule has 4 heteroatoms. The molecule has 0 unspecified atom stereocenters. The van der Waals surface area contributed by atoms with Gasteiger partial charge in [0.15, 0.2) is 6.29 Å². The summed E-state index contributed by atoms with van der Waals surface area (Å²) in [6.07, 6.45) is 3.17. The van der Waals surface area contributed by atoms with Crippen molar-refractivity contribution in [2.45, 2.75) is 65.5 Å². The Morgan fingerprint density at radius 3 is 2.57 bits per heavy atom. The molecule has 1 saturated heterocycles. The van der Waals surface area contributed by atoms with Crippen LogP contribution in [0.3, 0.4) is 0 Å². The Bertz CT molecular complexity index is 447. The highest BCUT2D eigenvalue weighted by Gasteiger charge is 2.69. The van der Waals surface area contributed by atoms with E-state index in [1.807, 2.05) is 6.92 Å². The molecule has 2 saturated carbocycles. The minimum Gasteiger partial charge on any atom is -0.349 e. The van der Waals surface area contributed by atoms with Crippen LogP contribution in [-0.4, -0.2) is 43.4 Å². The van der Waals surface area contributed by atoms with Gasteiger partial charge in [-0.25, -0.2) is 0 Å². The summed E-state index contributed by atoms with van der Waals surface area (Å²) in [5, 5.41) is 0. The van der Waals surface area contributed by atoms with Crippen molar-refractivity contribution in [3.63, 3.8) is 0 Å². The van der Waals surface area contributed by atoms with Gasteiger partial charge >= 0.3 is 0 Å². The van der Waals surface area contributed by atoms with Crippen LogP contribution >= 0.6 is 0 Å². The highest BCUT2D eigenvalue weighted by Crippen LogP contribution is 2.71. The first-order valence-corrected chi connectivity index (χ1v) is 8.20. The zero-order valence-electron chi connectivity index (χ0n) is 14.2. The molecule has 6 atom stereocenters. The van der Waals surface area contributed by atoms with E-state index >= 15 is 0 Å². The lowest BCUT2D eigenvalue weighted by Crippen LogP contribution is -2.39. The van der Waals surface area contributed by atoms with E-state index in [0.717, 1.165) is 12.3 Å². The number of hydrogen-bond donors (Lipinski definition) is 0. The van der Waals surface area contributed by atoms with Crippen LogP contribution in [0.25, 0.3) is 0 Å². The predicted molar refractivity (Wildman–Crippen MR) is 80.6 cm³/mol. The largest absolute Gasteiger partial charge is 0.349 e. The molecule has 0 radical (unpaired) electrons. The zero-order valence-corrected chi connectivity index (χ0v) is 14.2. The maximum Gasteiger partial charge on any atom is 0.251 e. The van der Waals surface area contributed by atoms with E-state index < -0.39 is 6.10 Å². The van der Waals surface area contributed by atoms with Crippen molar-refractivity contribution < 1.29 is 14.3 Å². The summed E-state index contributed by atoms with van der Waals surface area (Å²) >= 11 is 0. The van der Waals surface area contributed by atoms with E-state index in [1.54, 1.807) is 19.0 Å². The van der Waals surface area contributed by atoms with Crippen LogP contribution in [0.1, 0.15) is 47.0 Å². The van der Waals surface area contributed by atoms with Gasteiger partial charge in [-0.15, -0.1) is 0 Å². The first-order chi connectivity index (χ1) is 9.68. The van der Waals surface area contributed by atoms with E-state index in [-0.39, 0.29) is 17.6 Å². The molecule has 0 aromatic rings. The number of rotatable bonds is 3. The number of likely N-dealkylation sites (N-methyl/N-ethyl adjacent to an activating group) is 1. The maximum atomic E-state index is 11.9. The normalized spacial score (nSPS) is 44.7. The number of fused-ring (bicyclic) bond motifs is 5. The second kappa shape index (κ2) is 4.69. The second-order valence-electron chi connectivity index (χ2n) is 8.18. The molecule has 3 fully saturated rings. The summed E-state index contributed by atoms with van der Waals surface area (Å²) in [7, 11) is 3.52. The number of amides is 1. The quantitative estimate of drug-likeness (QED) is 0.803. The van der Waals surface area contributed by atoms with E-state index in [0.29, 0.717) is 17.4 Å². The van der Waals surface area contributed by atoms with Crippen molar-refractivity contribution in [3.05, 3.63) is 0 Å². The van der Waals surface area contributed by atoms with Crippen molar-refractivity contribution in [2.24, 2.45) is 22.7 Å². The average Bonchev–Trinajstić information content (AvgIpc) is 2.94. The van der Waals surface area contributed by atoms with Gasteiger partial charge in [0.1, 0.15) is 6.10 Å². The van der Waals surface area contributed by atoms with Gasteiger partial charge < -0.3 is 14.4 Å². The van der Waals surface area contributed by atoms with Crippen molar-refractivity contribution in [1.82, 2.24) is 4.90 Å². The third-order valence-electron chi connectivity index (χ3n) is 6.81. The fourth-order valence-corrected chi connectivity index (χ4v) is 5.22. The third kappa shape index (κ3) is 1.98. The molecule has 0 aromatic heterocycles. The molecule has 2 aliphatic carbocycles. The Kier molecular flexibility index (Phi) is 3.42. The summed E-state index contributed by atoms with van der Waals surface area (Å²) < 4.78 is 12.2. The van der Waals surface area contributed by atoms with Crippen LogP contribution in [-0.2, 0) is 14.3 Å². The lowest BCUT2D eigenvalue weighted by Gasteiger charge is -2.38. The average molecular weight is 295 g/mol. The fourth-order valence-electron chi connectivity index (χ4n) is 5.22. The minimum atomic E-state index is -0.428.